The molecule has 0 radical (unpaired) electrons. The number of rotatable bonds is 5. The van der Waals surface area contributed by atoms with E-state index in [1.54, 1.807) is 0 Å². The molecular formula is C9H16O5S. The summed E-state index contributed by atoms with van der Waals surface area (Å²) in [5, 5.41) is 0. The Bertz CT molecular complexity index is 353. The first-order valence-electron chi connectivity index (χ1n) is 4.27. The van der Waals surface area contributed by atoms with Crippen molar-refractivity contribution in [1.82, 2.24) is 0 Å². The third-order valence-corrected chi connectivity index (χ3v) is 3.05. The molecule has 0 atom stereocenters. The van der Waals surface area contributed by atoms with E-state index in [4.69, 9.17) is 4.74 Å². The highest BCUT2D eigenvalue weighted by Crippen LogP contribution is 2.15. The average molecular weight is 236 g/mol. The second-order valence-electron chi connectivity index (χ2n) is 3.80. The van der Waals surface area contributed by atoms with Gasteiger partial charge in [-0.1, -0.05) is 6.58 Å². The number of esters is 1. The molecular weight excluding hydrogens is 220 g/mol. The molecule has 0 unspecified atom stereocenters. The van der Waals surface area contributed by atoms with Crippen molar-refractivity contribution in [2.24, 2.45) is 0 Å². The van der Waals surface area contributed by atoms with E-state index in [2.05, 4.69) is 10.8 Å². The summed E-state index contributed by atoms with van der Waals surface area (Å²) in [6.07, 6.45) is 0. The van der Waals surface area contributed by atoms with E-state index in [-0.39, 0.29) is 5.57 Å². The van der Waals surface area contributed by atoms with Crippen LogP contribution in [0.2, 0.25) is 0 Å². The molecule has 0 saturated carbocycles. The fraction of sp³-hybridized carbons (Fsp3) is 0.667. The molecule has 0 amide bonds. The SMILES string of the molecule is C=C(C)C(=O)OC(C)(C)CS(=O)(=O)OC. The number of carbonyl (C=O) groups is 1. The van der Waals surface area contributed by atoms with Gasteiger partial charge in [0.25, 0.3) is 10.1 Å². The minimum Gasteiger partial charge on any atom is -0.455 e. The maximum atomic E-state index is 11.2. The van der Waals surface area contributed by atoms with E-state index in [0.717, 1.165) is 7.11 Å². The molecule has 88 valence electrons. The highest BCUT2D eigenvalue weighted by molar-refractivity contribution is 7.86. The Morgan fingerprint density at radius 3 is 2.20 bits per heavy atom. The lowest BCUT2D eigenvalue weighted by Crippen LogP contribution is -2.36. The molecule has 0 aliphatic carbocycles. The zero-order valence-electron chi connectivity index (χ0n) is 9.36. The molecule has 0 heterocycles. The molecule has 0 N–H and O–H groups in total. The second-order valence-corrected chi connectivity index (χ2v) is 5.54. The zero-order chi connectivity index (χ0) is 12.3. The molecule has 0 bridgehead atoms. The van der Waals surface area contributed by atoms with Crippen LogP contribution in [-0.2, 0) is 23.8 Å². The van der Waals surface area contributed by atoms with Crippen molar-refractivity contribution >= 4 is 16.1 Å². The minimum absolute atomic E-state index is 0.220. The molecule has 0 aliphatic rings. The van der Waals surface area contributed by atoms with Crippen LogP contribution in [0.4, 0.5) is 0 Å². The molecule has 5 nitrogen and oxygen atoms in total. The van der Waals surface area contributed by atoms with Gasteiger partial charge in [0.1, 0.15) is 11.4 Å². The van der Waals surface area contributed by atoms with E-state index in [1.807, 2.05) is 0 Å². The summed E-state index contributed by atoms with van der Waals surface area (Å²) in [4.78, 5) is 11.2. The lowest BCUT2D eigenvalue weighted by atomic mass is 10.2. The Balaban J connectivity index is 4.58. The normalized spacial score (nSPS) is 12.3. The highest BCUT2D eigenvalue weighted by atomic mass is 32.2. The van der Waals surface area contributed by atoms with Crippen LogP contribution in [-0.4, -0.2) is 32.9 Å². The number of ether oxygens (including phenoxy) is 1. The third-order valence-electron chi connectivity index (χ3n) is 1.50. The van der Waals surface area contributed by atoms with Gasteiger partial charge < -0.3 is 4.74 Å². The largest absolute Gasteiger partial charge is 0.455 e. The molecule has 0 aliphatic heterocycles. The second kappa shape index (κ2) is 4.76. The summed E-state index contributed by atoms with van der Waals surface area (Å²) < 4.78 is 31.5. The van der Waals surface area contributed by atoms with Crippen molar-refractivity contribution in [3.63, 3.8) is 0 Å². The zero-order valence-corrected chi connectivity index (χ0v) is 10.2. The van der Waals surface area contributed by atoms with Gasteiger partial charge in [0, 0.05) is 5.57 Å². The standard InChI is InChI=1S/C9H16O5S/c1-7(2)8(10)14-9(3,4)6-15(11,12)13-5/h1,6H2,2-5H3. The van der Waals surface area contributed by atoms with Crippen molar-refractivity contribution in [2.45, 2.75) is 26.4 Å². The summed E-state index contributed by atoms with van der Waals surface area (Å²) in [5.74, 6) is -1.01. The van der Waals surface area contributed by atoms with Gasteiger partial charge in [-0.15, -0.1) is 0 Å². The van der Waals surface area contributed by atoms with Crippen LogP contribution in [0, 0.1) is 0 Å². The monoisotopic (exact) mass is 236 g/mol. The van der Waals surface area contributed by atoms with E-state index < -0.39 is 27.4 Å². The minimum atomic E-state index is -3.66. The smallest absolute Gasteiger partial charge is 0.333 e. The van der Waals surface area contributed by atoms with Crippen LogP contribution in [0.1, 0.15) is 20.8 Å². The van der Waals surface area contributed by atoms with E-state index in [0.29, 0.717) is 0 Å². The van der Waals surface area contributed by atoms with Gasteiger partial charge in [0.15, 0.2) is 0 Å². The van der Waals surface area contributed by atoms with Crippen molar-refractivity contribution in [1.29, 1.82) is 0 Å². The molecule has 0 saturated heterocycles. The molecule has 0 rings (SSSR count). The molecule has 0 aromatic rings. The summed E-state index contributed by atoms with van der Waals surface area (Å²) in [6, 6.07) is 0. The first kappa shape index (κ1) is 14.1. The van der Waals surface area contributed by atoms with Gasteiger partial charge in [-0.2, -0.15) is 8.42 Å². The van der Waals surface area contributed by atoms with Crippen LogP contribution in [0.25, 0.3) is 0 Å². The lowest BCUT2D eigenvalue weighted by molar-refractivity contribution is -0.149. The molecule has 0 aromatic heterocycles. The highest BCUT2D eigenvalue weighted by Gasteiger charge is 2.30. The quantitative estimate of drug-likeness (QED) is 0.402. The van der Waals surface area contributed by atoms with Crippen molar-refractivity contribution in [3.8, 4) is 0 Å². The Morgan fingerprint density at radius 2 is 1.87 bits per heavy atom. The number of hydrogen-bond acceptors (Lipinski definition) is 5. The molecule has 0 fully saturated rings. The fourth-order valence-electron chi connectivity index (χ4n) is 0.852. The van der Waals surface area contributed by atoms with Gasteiger partial charge in [0.05, 0.1) is 7.11 Å². The van der Waals surface area contributed by atoms with Crippen molar-refractivity contribution in [3.05, 3.63) is 12.2 Å². The fourth-order valence-corrected chi connectivity index (χ4v) is 1.88. The van der Waals surface area contributed by atoms with E-state index in [1.165, 1.54) is 20.8 Å². The van der Waals surface area contributed by atoms with Crippen LogP contribution in [0.3, 0.4) is 0 Å². The van der Waals surface area contributed by atoms with Gasteiger partial charge in [-0.05, 0) is 20.8 Å². The van der Waals surface area contributed by atoms with Gasteiger partial charge in [0.2, 0.25) is 0 Å². The van der Waals surface area contributed by atoms with Crippen molar-refractivity contribution in [2.75, 3.05) is 12.9 Å². The Kier molecular flexibility index (Phi) is 4.48. The topological polar surface area (TPSA) is 69.7 Å². The summed E-state index contributed by atoms with van der Waals surface area (Å²) in [7, 11) is -2.59. The predicted octanol–water partition coefficient (Wildman–Crippen LogP) is 0.861. The average Bonchev–Trinajstić information content (AvgIpc) is 2.01. The van der Waals surface area contributed by atoms with E-state index >= 15 is 0 Å². The maximum Gasteiger partial charge on any atom is 0.333 e. The molecule has 15 heavy (non-hydrogen) atoms. The molecule has 0 aromatic carbocycles. The number of carbonyl (C=O) groups excluding carboxylic acids is 1. The Labute approximate surface area is 90.2 Å². The van der Waals surface area contributed by atoms with Gasteiger partial charge in [-0.25, -0.2) is 4.79 Å². The molecule has 6 heteroatoms. The van der Waals surface area contributed by atoms with Crippen LogP contribution < -0.4 is 0 Å². The Hall–Kier alpha value is -0.880. The summed E-state index contributed by atoms with van der Waals surface area (Å²) >= 11 is 0. The third kappa shape index (κ3) is 5.54. The van der Waals surface area contributed by atoms with Gasteiger partial charge >= 0.3 is 5.97 Å². The summed E-state index contributed by atoms with van der Waals surface area (Å²) in [6.45, 7) is 7.87. The van der Waals surface area contributed by atoms with Crippen LogP contribution >= 0.6 is 0 Å². The van der Waals surface area contributed by atoms with E-state index in [9.17, 15) is 13.2 Å². The van der Waals surface area contributed by atoms with Crippen LogP contribution in [0.15, 0.2) is 12.2 Å². The first-order chi connectivity index (χ1) is 6.59. The maximum absolute atomic E-state index is 11.2. The summed E-state index contributed by atoms with van der Waals surface area (Å²) in [5.41, 5.74) is -0.914. The Morgan fingerprint density at radius 1 is 1.40 bits per heavy atom. The lowest BCUT2D eigenvalue weighted by Gasteiger charge is -2.24. The first-order valence-corrected chi connectivity index (χ1v) is 5.84. The van der Waals surface area contributed by atoms with Gasteiger partial charge in [-0.3, -0.25) is 4.18 Å². The predicted molar refractivity (Wildman–Crippen MR) is 55.8 cm³/mol. The van der Waals surface area contributed by atoms with Crippen LogP contribution in [0.5, 0.6) is 0 Å². The van der Waals surface area contributed by atoms with Crippen molar-refractivity contribution < 1.29 is 22.1 Å². The molecule has 0 spiro atoms. The number of hydrogen-bond donors (Lipinski definition) is 0.